The minimum absolute atomic E-state index is 0. The van der Waals surface area contributed by atoms with Crippen molar-refractivity contribution in [2.24, 2.45) is 0 Å². The fraction of sp³-hybridized carbons (Fsp3) is 0. The molecule has 0 N–H and O–H groups in total. The van der Waals surface area contributed by atoms with Gasteiger partial charge in [0.2, 0.25) is 0 Å². The number of benzene rings is 2. The van der Waals surface area contributed by atoms with E-state index in [1.807, 2.05) is 36.4 Å². The molecule has 0 fully saturated rings. The Morgan fingerprint density at radius 3 is 2.47 bits per heavy atom. The topological polar surface area (TPSA) is 13.1 Å². The first-order valence-corrected chi connectivity index (χ1v) is 4.84. The van der Waals surface area contributed by atoms with Crippen LogP contribution in [0.15, 0.2) is 51.8 Å². The van der Waals surface area contributed by atoms with E-state index in [1.54, 1.807) is 0 Å². The summed E-state index contributed by atoms with van der Waals surface area (Å²) in [7, 11) is 0. The Morgan fingerprint density at radius 2 is 1.60 bits per heavy atom. The summed E-state index contributed by atoms with van der Waals surface area (Å²) in [6, 6.07) is 13.9. The second-order valence-corrected chi connectivity index (χ2v) is 3.67. The Kier molecular flexibility index (Phi) is 3.03. The maximum atomic E-state index is 5.68. The third-order valence-corrected chi connectivity index (χ3v) is 2.69. The number of hydrogen-bond acceptors (Lipinski definition) is 2. The van der Waals surface area contributed by atoms with Crippen molar-refractivity contribution in [1.29, 1.82) is 0 Å². The Bertz CT molecular complexity index is 615. The predicted octanol–water partition coefficient (Wildman–Crippen LogP) is 0.496. The van der Waals surface area contributed by atoms with Crippen LogP contribution >= 0.6 is 0 Å². The van der Waals surface area contributed by atoms with Gasteiger partial charge in [-0.15, -0.1) is 4.90 Å². The molecule has 1 heterocycles. The molecule has 0 atom stereocenters. The Hall–Kier alpha value is -0.540. The van der Waals surface area contributed by atoms with Crippen molar-refractivity contribution < 1.29 is 34.0 Å². The van der Waals surface area contributed by atoms with Crippen LogP contribution in [0.25, 0.3) is 21.9 Å². The molecule has 15 heavy (non-hydrogen) atoms. The van der Waals surface area contributed by atoms with Crippen LogP contribution in [0.3, 0.4) is 0 Å². The predicted molar refractivity (Wildman–Crippen MR) is 59.4 cm³/mol. The molecule has 0 aliphatic rings. The van der Waals surface area contributed by atoms with E-state index in [1.165, 1.54) is 0 Å². The molecule has 0 aliphatic carbocycles. The van der Waals surface area contributed by atoms with Crippen LogP contribution < -0.4 is 29.6 Å². The van der Waals surface area contributed by atoms with Crippen LogP contribution in [0.5, 0.6) is 0 Å². The first-order valence-electron chi connectivity index (χ1n) is 4.43. The molecule has 1 aromatic heterocycles. The molecule has 3 aromatic rings. The van der Waals surface area contributed by atoms with Gasteiger partial charge in [0.1, 0.15) is 11.2 Å². The Balaban J connectivity index is 0.000000853. The van der Waals surface area contributed by atoms with E-state index >= 15 is 0 Å². The van der Waals surface area contributed by atoms with Gasteiger partial charge in [-0.1, -0.05) is 36.4 Å². The van der Waals surface area contributed by atoms with Crippen LogP contribution in [0.2, 0.25) is 0 Å². The summed E-state index contributed by atoms with van der Waals surface area (Å²) >= 11 is 5.20. The maximum Gasteiger partial charge on any atom is 1.00 e. The van der Waals surface area contributed by atoms with Crippen LogP contribution in [-0.2, 0) is 12.6 Å². The van der Waals surface area contributed by atoms with Gasteiger partial charge in [0.15, 0.2) is 0 Å². The van der Waals surface area contributed by atoms with Crippen molar-refractivity contribution in [2.45, 2.75) is 4.90 Å². The summed E-state index contributed by atoms with van der Waals surface area (Å²) in [5, 5.41) is 2.24. The van der Waals surface area contributed by atoms with Gasteiger partial charge in [0.25, 0.3) is 0 Å². The van der Waals surface area contributed by atoms with Crippen molar-refractivity contribution in [2.75, 3.05) is 0 Å². The number of furan rings is 1. The van der Waals surface area contributed by atoms with Gasteiger partial charge >= 0.3 is 29.6 Å². The summed E-state index contributed by atoms with van der Waals surface area (Å²) in [6.07, 6.45) is 0. The zero-order valence-electron chi connectivity index (χ0n) is 8.36. The van der Waals surface area contributed by atoms with Crippen molar-refractivity contribution in [3.63, 3.8) is 0 Å². The average Bonchev–Trinajstić information content (AvgIpc) is 2.59. The van der Waals surface area contributed by atoms with Crippen LogP contribution in [0, 0.1) is 0 Å². The number of hydrogen-bond donors (Lipinski definition) is 0. The second-order valence-electron chi connectivity index (χ2n) is 3.23. The summed E-state index contributed by atoms with van der Waals surface area (Å²) in [5.41, 5.74) is 1.73. The van der Waals surface area contributed by atoms with E-state index in [-0.39, 0.29) is 29.6 Å². The van der Waals surface area contributed by atoms with E-state index in [4.69, 9.17) is 17.0 Å². The van der Waals surface area contributed by atoms with Crippen LogP contribution in [0.4, 0.5) is 0 Å². The molecule has 0 bridgehead atoms. The smallest absolute Gasteiger partial charge is 0.776 e. The van der Waals surface area contributed by atoms with E-state index in [0.29, 0.717) is 0 Å². The van der Waals surface area contributed by atoms with Gasteiger partial charge in [-0.25, -0.2) is 0 Å². The van der Waals surface area contributed by atoms with E-state index < -0.39 is 0 Å². The van der Waals surface area contributed by atoms with Gasteiger partial charge in [0, 0.05) is 10.8 Å². The number of rotatable bonds is 0. The fourth-order valence-corrected chi connectivity index (χ4v) is 1.95. The molecule has 3 heteroatoms. The molecule has 0 unspecified atom stereocenters. The monoisotopic (exact) mass is 222 g/mol. The van der Waals surface area contributed by atoms with Crippen molar-refractivity contribution in [1.82, 2.24) is 0 Å². The second kappa shape index (κ2) is 4.14. The van der Waals surface area contributed by atoms with Gasteiger partial charge < -0.3 is 17.0 Å². The standard InChI is InChI=1S/C12H8OS.Na/c14-11-7-3-5-9-8-4-1-2-6-10(8)13-12(9)11;/h1-7,14H;/q;+1/p-1. The Morgan fingerprint density at radius 1 is 0.867 bits per heavy atom. The Labute approximate surface area is 115 Å². The third-order valence-electron chi connectivity index (χ3n) is 2.37. The number of para-hydroxylation sites is 2. The zero-order chi connectivity index (χ0) is 9.54. The SMILES string of the molecule is [Na+].[S-]c1cccc2c1oc1ccccc12. The average molecular weight is 222 g/mol. The molecule has 68 valence electrons. The number of fused-ring (bicyclic) bond motifs is 3. The van der Waals surface area contributed by atoms with Crippen LogP contribution in [0.1, 0.15) is 0 Å². The van der Waals surface area contributed by atoms with Gasteiger partial charge in [-0.2, -0.15) is 0 Å². The van der Waals surface area contributed by atoms with E-state index in [9.17, 15) is 0 Å². The summed E-state index contributed by atoms with van der Waals surface area (Å²) in [4.78, 5) is 0.777. The third kappa shape index (κ3) is 1.68. The van der Waals surface area contributed by atoms with E-state index in [2.05, 4.69) is 6.07 Å². The molecule has 0 radical (unpaired) electrons. The van der Waals surface area contributed by atoms with Crippen molar-refractivity contribution in [3.8, 4) is 0 Å². The summed E-state index contributed by atoms with van der Waals surface area (Å²) < 4.78 is 5.68. The molecule has 2 aromatic carbocycles. The van der Waals surface area contributed by atoms with E-state index in [0.717, 1.165) is 26.8 Å². The van der Waals surface area contributed by atoms with Crippen LogP contribution in [-0.4, -0.2) is 0 Å². The molecule has 0 amide bonds. The zero-order valence-corrected chi connectivity index (χ0v) is 11.2. The van der Waals surface area contributed by atoms with Gasteiger partial charge in [-0.3, -0.25) is 0 Å². The molecule has 0 saturated carbocycles. The minimum Gasteiger partial charge on any atom is -0.776 e. The summed E-state index contributed by atoms with van der Waals surface area (Å²) in [5.74, 6) is 0. The first kappa shape index (κ1) is 11.0. The molecule has 0 spiro atoms. The molecule has 0 aliphatic heterocycles. The molecular formula is C12H7NaOS. The molecule has 3 rings (SSSR count). The molecule has 1 nitrogen and oxygen atoms in total. The van der Waals surface area contributed by atoms with Crippen molar-refractivity contribution in [3.05, 3.63) is 42.5 Å². The maximum absolute atomic E-state index is 5.68. The van der Waals surface area contributed by atoms with Crippen molar-refractivity contribution >= 4 is 34.6 Å². The minimum atomic E-state index is 0. The van der Waals surface area contributed by atoms with Gasteiger partial charge in [0.05, 0.1) is 0 Å². The van der Waals surface area contributed by atoms with Gasteiger partial charge in [-0.05, 0) is 6.07 Å². The fourth-order valence-electron chi connectivity index (χ4n) is 1.72. The molecule has 0 saturated heterocycles. The molecular weight excluding hydrogens is 215 g/mol. The quantitative estimate of drug-likeness (QED) is 0.406. The first-order chi connectivity index (χ1) is 6.86. The summed E-state index contributed by atoms with van der Waals surface area (Å²) in [6.45, 7) is 0. The normalized spacial score (nSPS) is 10.4. The largest absolute Gasteiger partial charge is 1.00 e.